The van der Waals surface area contributed by atoms with Crippen LogP contribution in [-0.2, 0) is 16.0 Å². The number of carbonyl (C=O) groups excluding carboxylic acids is 1. The molecule has 0 heterocycles. The van der Waals surface area contributed by atoms with E-state index in [9.17, 15) is 19.5 Å². The molecule has 0 fully saturated rings. The third-order valence-electron chi connectivity index (χ3n) is 3.87. The van der Waals surface area contributed by atoms with Gasteiger partial charge in [-0.3, -0.25) is 14.4 Å². The number of benzene rings is 1. The number of Topliss-reactive ketones (excluding diaryl/α,β-unsaturated/α-hetero) is 1. The highest BCUT2D eigenvalue weighted by molar-refractivity contribution is 5.99. The average molecular weight is 395 g/mol. The zero-order valence-electron chi connectivity index (χ0n) is 16.5. The number of aliphatic hydroxyl groups is 1. The number of rotatable bonds is 7. The molecule has 1 aromatic carbocycles. The van der Waals surface area contributed by atoms with Crippen LogP contribution < -0.4 is 10.1 Å². The molecule has 2 rings (SSSR count). The molecule has 0 aliphatic heterocycles. The van der Waals surface area contributed by atoms with E-state index in [0.717, 1.165) is 29.7 Å². The Morgan fingerprint density at radius 1 is 1.18 bits per heavy atom. The van der Waals surface area contributed by atoms with Crippen LogP contribution in [0, 0.1) is 0 Å². The van der Waals surface area contributed by atoms with Crippen molar-refractivity contribution < 1.29 is 34.4 Å². The molecule has 1 aromatic rings. The summed E-state index contributed by atoms with van der Waals surface area (Å²) in [5.41, 5.74) is 1.74. The topological polar surface area (TPSA) is 133 Å². The second kappa shape index (κ2) is 10.8. The van der Waals surface area contributed by atoms with E-state index in [4.69, 9.17) is 14.9 Å². The first-order chi connectivity index (χ1) is 13.0. The minimum Gasteiger partial charge on any atom is -0.491 e. The maximum absolute atomic E-state index is 11.9. The van der Waals surface area contributed by atoms with Crippen LogP contribution in [0.2, 0.25) is 0 Å². The van der Waals surface area contributed by atoms with Gasteiger partial charge in [0.25, 0.3) is 0 Å². The smallest absolute Gasteiger partial charge is 0.314 e. The lowest BCUT2D eigenvalue weighted by atomic mass is 9.90. The van der Waals surface area contributed by atoms with Crippen molar-refractivity contribution in [1.82, 2.24) is 5.32 Å². The number of aliphatic carboxylic acids is 2. The maximum Gasteiger partial charge on any atom is 0.314 e. The molecule has 1 aliphatic carbocycles. The van der Waals surface area contributed by atoms with Gasteiger partial charge >= 0.3 is 11.9 Å². The van der Waals surface area contributed by atoms with Crippen LogP contribution in [-0.4, -0.2) is 57.8 Å². The molecule has 0 radical (unpaired) electrons. The molecule has 1 aliphatic rings. The molecular formula is C20H29NO7. The Morgan fingerprint density at radius 3 is 2.36 bits per heavy atom. The van der Waals surface area contributed by atoms with Crippen molar-refractivity contribution in [3.63, 3.8) is 0 Å². The number of carbonyl (C=O) groups is 3. The van der Waals surface area contributed by atoms with Crippen LogP contribution in [0.5, 0.6) is 5.75 Å². The Hall–Kier alpha value is -2.45. The van der Waals surface area contributed by atoms with Crippen molar-refractivity contribution in [2.45, 2.75) is 58.1 Å². The van der Waals surface area contributed by atoms with Crippen molar-refractivity contribution >= 4 is 17.7 Å². The van der Waals surface area contributed by atoms with Crippen LogP contribution in [0.4, 0.5) is 0 Å². The Labute approximate surface area is 164 Å². The monoisotopic (exact) mass is 395 g/mol. The number of β-amino-alcohol motifs (C(OH)–C–C–N with tert-alkyl or cyclic N) is 1. The van der Waals surface area contributed by atoms with E-state index in [-0.39, 0.29) is 17.9 Å². The predicted octanol–water partition coefficient (Wildman–Crippen LogP) is 1.88. The fraction of sp³-hybridized carbons (Fsp3) is 0.550. The van der Waals surface area contributed by atoms with E-state index in [0.29, 0.717) is 13.0 Å². The lowest BCUT2D eigenvalue weighted by Gasteiger charge is -2.24. The number of ether oxygens (including phenoxy) is 1. The number of fused-ring (bicyclic) bond motifs is 1. The van der Waals surface area contributed by atoms with Crippen molar-refractivity contribution in [2.24, 2.45) is 0 Å². The minimum absolute atomic E-state index is 0.0285. The summed E-state index contributed by atoms with van der Waals surface area (Å²) in [6.07, 6.45) is 0.988. The lowest BCUT2D eigenvalue weighted by Crippen LogP contribution is -2.42. The fourth-order valence-corrected chi connectivity index (χ4v) is 2.58. The number of hydrogen-bond acceptors (Lipinski definition) is 6. The van der Waals surface area contributed by atoms with E-state index in [1.54, 1.807) is 0 Å². The third-order valence-corrected chi connectivity index (χ3v) is 3.87. The van der Waals surface area contributed by atoms with Gasteiger partial charge in [0.1, 0.15) is 24.9 Å². The zero-order chi connectivity index (χ0) is 21.3. The highest BCUT2D eigenvalue weighted by Gasteiger charge is 2.21. The molecule has 0 saturated heterocycles. The van der Waals surface area contributed by atoms with Crippen LogP contribution in [0.25, 0.3) is 0 Å². The van der Waals surface area contributed by atoms with Gasteiger partial charge in [-0.15, -0.1) is 0 Å². The van der Waals surface area contributed by atoms with Gasteiger partial charge in [0.2, 0.25) is 0 Å². The SMILES string of the molecule is CC(C)(C)NC[C@H](O)COc1cccc2c1CCCC2=O.O=C(O)CC(=O)O. The molecule has 0 spiro atoms. The van der Waals surface area contributed by atoms with Gasteiger partial charge in [0, 0.05) is 29.6 Å². The van der Waals surface area contributed by atoms with Crippen molar-refractivity contribution in [2.75, 3.05) is 13.2 Å². The van der Waals surface area contributed by atoms with Gasteiger partial charge in [-0.1, -0.05) is 12.1 Å². The molecule has 8 heteroatoms. The highest BCUT2D eigenvalue weighted by atomic mass is 16.5. The van der Waals surface area contributed by atoms with Crippen LogP contribution in [0.3, 0.4) is 0 Å². The lowest BCUT2D eigenvalue weighted by molar-refractivity contribution is -0.147. The van der Waals surface area contributed by atoms with Crippen molar-refractivity contribution in [1.29, 1.82) is 0 Å². The van der Waals surface area contributed by atoms with E-state index < -0.39 is 24.5 Å². The van der Waals surface area contributed by atoms with Gasteiger partial charge in [-0.25, -0.2) is 0 Å². The normalized spacial score (nSPS) is 14.4. The molecule has 0 saturated carbocycles. The summed E-state index contributed by atoms with van der Waals surface area (Å²) in [6, 6.07) is 5.58. The summed E-state index contributed by atoms with van der Waals surface area (Å²) < 4.78 is 5.74. The second-order valence-electron chi connectivity index (χ2n) is 7.62. The van der Waals surface area contributed by atoms with Gasteiger partial charge in [-0.2, -0.15) is 0 Å². The quantitative estimate of drug-likeness (QED) is 0.514. The summed E-state index contributed by atoms with van der Waals surface area (Å²) >= 11 is 0. The van der Waals surface area contributed by atoms with Crippen LogP contribution in [0.1, 0.15) is 56.0 Å². The summed E-state index contributed by atoms with van der Waals surface area (Å²) in [5.74, 6) is -1.70. The van der Waals surface area contributed by atoms with Crippen molar-refractivity contribution in [3.8, 4) is 5.75 Å². The van der Waals surface area contributed by atoms with E-state index in [1.165, 1.54) is 0 Å². The number of aliphatic hydroxyl groups excluding tert-OH is 1. The molecule has 0 unspecified atom stereocenters. The third kappa shape index (κ3) is 8.96. The number of carboxylic acids is 2. The first kappa shape index (κ1) is 23.6. The molecular weight excluding hydrogens is 366 g/mol. The Kier molecular flexibility index (Phi) is 9.08. The molecule has 0 amide bonds. The minimum atomic E-state index is -1.31. The van der Waals surface area contributed by atoms with Crippen LogP contribution >= 0.6 is 0 Å². The number of ketones is 1. The summed E-state index contributed by atoms with van der Waals surface area (Å²) in [7, 11) is 0. The van der Waals surface area contributed by atoms with E-state index in [2.05, 4.69) is 26.1 Å². The predicted molar refractivity (Wildman–Crippen MR) is 103 cm³/mol. The van der Waals surface area contributed by atoms with Gasteiger partial charge < -0.3 is 25.4 Å². The van der Waals surface area contributed by atoms with Gasteiger partial charge in [0.05, 0.1) is 0 Å². The standard InChI is InChI=1S/C17H25NO3.C3H4O4/c1-17(2,3)18-10-12(19)11-21-16-9-5-6-13-14(16)7-4-8-15(13)20;4-2(5)1-3(6)7/h5-6,9,12,18-19H,4,7-8,10-11H2,1-3H3;1H2,(H,4,5)(H,6,7)/t12-;/m0./s1. The number of nitrogens with one attached hydrogen (secondary N) is 1. The zero-order valence-corrected chi connectivity index (χ0v) is 16.5. The molecule has 4 N–H and O–H groups in total. The highest BCUT2D eigenvalue weighted by Crippen LogP contribution is 2.29. The Balaban J connectivity index is 0.000000480. The van der Waals surface area contributed by atoms with Gasteiger partial charge in [0.15, 0.2) is 5.78 Å². The molecule has 28 heavy (non-hydrogen) atoms. The fourth-order valence-electron chi connectivity index (χ4n) is 2.58. The largest absolute Gasteiger partial charge is 0.491 e. The number of hydrogen-bond donors (Lipinski definition) is 4. The Bertz CT molecular complexity index is 682. The van der Waals surface area contributed by atoms with E-state index in [1.807, 2.05) is 18.2 Å². The summed E-state index contributed by atoms with van der Waals surface area (Å²) in [6.45, 7) is 6.88. The Morgan fingerprint density at radius 2 is 1.82 bits per heavy atom. The number of carboxylic acid groups (broad SMARTS) is 2. The molecule has 156 valence electrons. The van der Waals surface area contributed by atoms with Gasteiger partial charge in [-0.05, 0) is 39.7 Å². The maximum atomic E-state index is 11.9. The molecule has 8 nitrogen and oxygen atoms in total. The molecule has 0 bridgehead atoms. The summed E-state index contributed by atoms with van der Waals surface area (Å²) in [5, 5.41) is 28.6. The van der Waals surface area contributed by atoms with Crippen LogP contribution in [0.15, 0.2) is 18.2 Å². The second-order valence-corrected chi connectivity index (χ2v) is 7.62. The van der Waals surface area contributed by atoms with E-state index >= 15 is 0 Å². The average Bonchev–Trinajstić information content (AvgIpc) is 2.57. The first-order valence-electron chi connectivity index (χ1n) is 9.14. The molecule has 1 atom stereocenters. The summed E-state index contributed by atoms with van der Waals surface area (Å²) in [4.78, 5) is 30.7. The van der Waals surface area contributed by atoms with Crippen molar-refractivity contribution in [3.05, 3.63) is 29.3 Å². The first-order valence-corrected chi connectivity index (χ1v) is 9.14. The molecule has 0 aromatic heterocycles.